The van der Waals surface area contributed by atoms with Gasteiger partial charge in [-0.2, -0.15) is 5.10 Å². The topological polar surface area (TPSA) is 51.0 Å². The number of aryl methyl sites for hydroxylation is 1. The van der Waals surface area contributed by atoms with Crippen molar-refractivity contribution in [1.82, 2.24) is 19.7 Å². The number of rotatable bonds is 5. The normalized spacial score (nSPS) is 12.4. The highest BCUT2D eigenvalue weighted by molar-refractivity contribution is 7.09. The molecule has 0 aliphatic heterocycles. The Kier molecular flexibility index (Phi) is 4.54. The highest BCUT2D eigenvalue weighted by Gasteiger charge is 2.23. The van der Waals surface area contributed by atoms with Gasteiger partial charge in [0.15, 0.2) is 0 Å². The van der Waals surface area contributed by atoms with Crippen LogP contribution in [0.25, 0.3) is 0 Å². The van der Waals surface area contributed by atoms with Crippen LogP contribution in [0.2, 0.25) is 0 Å². The SMILES string of the molecule is CCCn1ncc(C(=O)N(C)[C@H](C)c2cncs2)c1C. The fourth-order valence-electron chi connectivity index (χ4n) is 2.08. The molecule has 1 amide bonds. The van der Waals surface area contributed by atoms with Gasteiger partial charge in [0.2, 0.25) is 0 Å². The molecule has 108 valence electrons. The quantitative estimate of drug-likeness (QED) is 0.851. The van der Waals surface area contributed by atoms with Gasteiger partial charge in [-0.1, -0.05) is 6.92 Å². The Morgan fingerprint density at radius 2 is 2.25 bits per heavy atom. The van der Waals surface area contributed by atoms with Crippen LogP contribution in [0.5, 0.6) is 0 Å². The van der Waals surface area contributed by atoms with Crippen LogP contribution < -0.4 is 0 Å². The molecule has 2 aromatic rings. The van der Waals surface area contributed by atoms with Gasteiger partial charge in [0, 0.05) is 30.4 Å². The molecule has 1 atom stereocenters. The number of hydrogen-bond acceptors (Lipinski definition) is 4. The van der Waals surface area contributed by atoms with Crippen molar-refractivity contribution < 1.29 is 4.79 Å². The summed E-state index contributed by atoms with van der Waals surface area (Å²) in [5.41, 5.74) is 3.40. The molecule has 0 bridgehead atoms. The molecule has 5 nitrogen and oxygen atoms in total. The lowest BCUT2D eigenvalue weighted by Gasteiger charge is -2.23. The van der Waals surface area contributed by atoms with Gasteiger partial charge in [0.05, 0.1) is 23.3 Å². The average Bonchev–Trinajstić information content (AvgIpc) is 3.08. The van der Waals surface area contributed by atoms with E-state index in [0.717, 1.165) is 23.5 Å². The number of carbonyl (C=O) groups is 1. The number of aromatic nitrogens is 3. The number of thiazole rings is 1. The van der Waals surface area contributed by atoms with E-state index in [1.807, 2.05) is 31.8 Å². The van der Waals surface area contributed by atoms with Gasteiger partial charge >= 0.3 is 0 Å². The first-order valence-electron chi connectivity index (χ1n) is 6.74. The first kappa shape index (κ1) is 14.7. The van der Waals surface area contributed by atoms with E-state index in [-0.39, 0.29) is 11.9 Å². The molecule has 6 heteroatoms. The second-order valence-corrected chi connectivity index (χ2v) is 5.78. The van der Waals surface area contributed by atoms with E-state index in [1.165, 1.54) is 0 Å². The maximum absolute atomic E-state index is 12.6. The molecule has 2 rings (SSSR count). The van der Waals surface area contributed by atoms with Crippen LogP contribution in [0.1, 0.15) is 47.2 Å². The van der Waals surface area contributed by atoms with Crippen LogP contribution in [0, 0.1) is 6.92 Å². The van der Waals surface area contributed by atoms with Crippen LogP contribution in [-0.4, -0.2) is 32.6 Å². The third-order valence-corrected chi connectivity index (χ3v) is 4.48. The van der Waals surface area contributed by atoms with Gasteiger partial charge in [-0.15, -0.1) is 11.3 Å². The van der Waals surface area contributed by atoms with E-state index in [4.69, 9.17) is 0 Å². The standard InChI is InChI=1S/C14H20N4OS/c1-5-6-18-10(2)12(7-16-18)14(19)17(4)11(3)13-8-15-9-20-13/h7-9,11H,5-6H2,1-4H3/t11-/m1/s1. The van der Waals surface area contributed by atoms with Crippen LogP contribution in [0.3, 0.4) is 0 Å². The first-order valence-corrected chi connectivity index (χ1v) is 7.62. The van der Waals surface area contributed by atoms with E-state index >= 15 is 0 Å². The third kappa shape index (κ3) is 2.75. The van der Waals surface area contributed by atoms with Crippen molar-refractivity contribution in [2.45, 2.75) is 39.8 Å². The van der Waals surface area contributed by atoms with Crippen molar-refractivity contribution in [3.63, 3.8) is 0 Å². The molecule has 0 aliphatic carbocycles. The van der Waals surface area contributed by atoms with Gasteiger partial charge in [-0.25, -0.2) is 0 Å². The lowest BCUT2D eigenvalue weighted by atomic mass is 10.2. The Balaban J connectivity index is 2.18. The molecule has 0 radical (unpaired) electrons. The molecular formula is C14H20N4OS. The van der Waals surface area contributed by atoms with Crippen molar-refractivity contribution in [3.8, 4) is 0 Å². The van der Waals surface area contributed by atoms with Crippen molar-refractivity contribution in [2.75, 3.05) is 7.05 Å². The van der Waals surface area contributed by atoms with Gasteiger partial charge in [0.25, 0.3) is 5.91 Å². The molecule has 0 saturated carbocycles. The maximum Gasteiger partial charge on any atom is 0.257 e. The van der Waals surface area contributed by atoms with Crippen LogP contribution in [0.4, 0.5) is 0 Å². The summed E-state index contributed by atoms with van der Waals surface area (Å²) in [4.78, 5) is 19.5. The lowest BCUT2D eigenvalue weighted by molar-refractivity contribution is 0.0744. The van der Waals surface area contributed by atoms with E-state index in [1.54, 1.807) is 27.9 Å². The molecule has 0 aliphatic rings. The highest BCUT2D eigenvalue weighted by atomic mass is 32.1. The summed E-state index contributed by atoms with van der Waals surface area (Å²) >= 11 is 1.56. The minimum absolute atomic E-state index is 0.00533. The Labute approximate surface area is 123 Å². The minimum Gasteiger partial charge on any atom is -0.334 e. The Bertz CT molecular complexity index is 576. The second kappa shape index (κ2) is 6.17. The predicted molar refractivity (Wildman–Crippen MR) is 79.9 cm³/mol. The predicted octanol–water partition coefficient (Wildman–Crippen LogP) is 2.89. The monoisotopic (exact) mass is 292 g/mol. The largest absolute Gasteiger partial charge is 0.334 e. The van der Waals surface area contributed by atoms with Gasteiger partial charge in [-0.3, -0.25) is 14.5 Å². The van der Waals surface area contributed by atoms with Crippen LogP contribution in [-0.2, 0) is 6.54 Å². The van der Waals surface area contributed by atoms with Crippen molar-refractivity contribution >= 4 is 17.2 Å². The zero-order valence-electron chi connectivity index (χ0n) is 12.3. The summed E-state index contributed by atoms with van der Waals surface area (Å²) in [6.07, 6.45) is 4.49. The van der Waals surface area contributed by atoms with Gasteiger partial charge in [-0.05, 0) is 20.3 Å². The number of amides is 1. The second-order valence-electron chi connectivity index (χ2n) is 4.86. The Hall–Kier alpha value is -1.69. The fraction of sp³-hybridized carbons (Fsp3) is 0.500. The zero-order chi connectivity index (χ0) is 14.7. The van der Waals surface area contributed by atoms with Crippen LogP contribution in [0.15, 0.2) is 17.9 Å². The van der Waals surface area contributed by atoms with Crippen molar-refractivity contribution in [2.24, 2.45) is 0 Å². The third-order valence-electron chi connectivity index (χ3n) is 3.53. The molecule has 0 aromatic carbocycles. The summed E-state index contributed by atoms with van der Waals surface area (Å²) in [5.74, 6) is 0.00533. The lowest BCUT2D eigenvalue weighted by Crippen LogP contribution is -2.29. The smallest absolute Gasteiger partial charge is 0.257 e. The summed E-state index contributed by atoms with van der Waals surface area (Å²) in [6, 6.07) is 0.0175. The molecule has 0 unspecified atom stereocenters. The molecule has 20 heavy (non-hydrogen) atoms. The average molecular weight is 292 g/mol. The highest BCUT2D eigenvalue weighted by Crippen LogP contribution is 2.24. The summed E-state index contributed by atoms with van der Waals surface area (Å²) < 4.78 is 1.89. The van der Waals surface area contributed by atoms with E-state index in [0.29, 0.717) is 5.56 Å². The van der Waals surface area contributed by atoms with E-state index in [2.05, 4.69) is 17.0 Å². The molecule has 0 spiro atoms. The number of hydrogen-bond donors (Lipinski definition) is 0. The summed E-state index contributed by atoms with van der Waals surface area (Å²) in [7, 11) is 1.82. The zero-order valence-corrected chi connectivity index (χ0v) is 13.1. The maximum atomic E-state index is 12.6. The first-order chi connectivity index (χ1) is 9.56. The number of nitrogens with zero attached hydrogens (tertiary/aromatic N) is 4. The van der Waals surface area contributed by atoms with Gasteiger partial charge in [0.1, 0.15) is 0 Å². The molecule has 0 N–H and O–H groups in total. The van der Waals surface area contributed by atoms with E-state index in [9.17, 15) is 4.79 Å². The number of carbonyl (C=O) groups excluding carboxylic acids is 1. The van der Waals surface area contributed by atoms with Crippen molar-refractivity contribution in [1.29, 1.82) is 0 Å². The molecular weight excluding hydrogens is 272 g/mol. The van der Waals surface area contributed by atoms with Gasteiger partial charge < -0.3 is 4.90 Å². The minimum atomic E-state index is 0.00533. The van der Waals surface area contributed by atoms with Crippen molar-refractivity contribution in [3.05, 3.63) is 34.0 Å². The van der Waals surface area contributed by atoms with E-state index < -0.39 is 0 Å². The molecule has 2 heterocycles. The molecule has 0 saturated heterocycles. The molecule has 2 aromatic heterocycles. The fourth-order valence-corrected chi connectivity index (χ4v) is 2.80. The Morgan fingerprint density at radius 3 is 2.85 bits per heavy atom. The summed E-state index contributed by atoms with van der Waals surface area (Å²) in [5, 5.41) is 4.29. The Morgan fingerprint density at radius 1 is 1.50 bits per heavy atom. The molecule has 0 fully saturated rings. The van der Waals surface area contributed by atoms with Crippen LogP contribution >= 0.6 is 11.3 Å². The summed E-state index contributed by atoms with van der Waals surface area (Å²) in [6.45, 7) is 6.89.